The maximum atomic E-state index is 13.5. The average molecular weight is 379 g/mol. The van der Waals surface area contributed by atoms with E-state index in [1.165, 1.54) is 35.0 Å². The third-order valence-corrected chi connectivity index (χ3v) is 5.22. The topological polar surface area (TPSA) is 65.8 Å². The summed E-state index contributed by atoms with van der Waals surface area (Å²) >= 11 is 0. The molecule has 0 saturated carbocycles. The minimum absolute atomic E-state index is 0.0967. The van der Waals surface area contributed by atoms with Crippen molar-refractivity contribution in [1.29, 1.82) is 0 Å². The second-order valence-corrected chi connectivity index (χ2v) is 6.68. The van der Waals surface area contributed by atoms with Gasteiger partial charge in [0, 0.05) is 19.3 Å². The van der Waals surface area contributed by atoms with Gasteiger partial charge in [0.25, 0.3) is 5.91 Å². The zero-order valence-corrected chi connectivity index (χ0v) is 14.3. The van der Waals surface area contributed by atoms with Gasteiger partial charge in [0.1, 0.15) is 6.17 Å². The molecule has 6 nitrogen and oxygen atoms in total. The van der Waals surface area contributed by atoms with E-state index in [4.69, 9.17) is 0 Å². The quantitative estimate of drug-likeness (QED) is 0.827. The normalized spacial score (nSPS) is 22.0. The van der Waals surface area contributed by atoms with Crippen LogP contribution in [0.4, 0.5) is 13.2 Å². The van der Waals surface area contributed by atoms with E-state index in [1.807, 2.05) is 0 Å². The molecule has 9 heteroatoms. The van der Waals surface area contributed by atoms with Gasteiger partial charge in [-0.25, -0.2) is 0 Å². The zero-order valence-electron chi connectivity index (χ0n) is 14.3. The number of pyridine rings is 1. The van der Waals surface area contributed by atoms with Gasteiger partial charge in [-0.15, -0.1) is 0 Å². The molecule has 2 atom stereocenters. The number of benzene rings is 1. The van der Waals surface area contributed by atoms with Crippen molar-refractivity contribution in [2.75, 3.05) is 12.1 Å². The van der Waals surface area contributed by atoms with E-state index >= 15 is 0 Å². The Morgan fingerprint density at radius 3 is 2.52 bits per heavy atom. The van der Waals surface area contributed by atoms with Crippen LogP contribution in [0.1, 0.15) is 40.5 Å². The van der Waals surface area contributed by atoms with Crippen molar-refractivity contribution in [3.05, 3.63) is 63.6 Å². The molecule has 3 heterocycles. The van der Waals surface area contributed by atoms with Gasteiger partial charge in [0.2, 0.25) is 5.43 Å². The summed E-state index contributed by atoms with van der Waals surface area (Å²) < 4.78 is 41.8. The third-order valence-electron chi connectivity index (χ3n) is 5.22. The molecule has 1 saturated heterocycles. The van der Waals surface area contributed by atoms with E-state index in [0.717, 1.165) is 12.1 Å². The van der Waals surface area contributed by atoms with Gasteiger partial charge < -0.3 is 10.0 Å². The fourth-order valence-corrected chi connectivity index (χ4v) is 4.00. The SMILES string of the molecule is CN1C(=O)c2c(O)c(=O)ccn2N2C(c3ccccc3C(F)(F)F)CCC12. The number of amides is 1. The van der Waals surface area contributed by atoms with Crippen LogP contribution >= 0.6 is 0 Å². The summed E-state index contributed by atoms with van der Waals surface area (Å²) in [5, 5.41) is 11.7. The first-order chi connectivity index (χ1) is 12.7. The standard InChI is InChI=1S/C18H16F3N3O3/c1-22-14-7-6-12(10-4-2-3-5-11(10)18(19,20)21)24(14)23-9-8-13(25)16(26)15(23)17(22)27/h2-5,8-9,12,14,26H,6-7H2,1H3. The number of aromatic nitrogens is 1. The number of halogens is 3. The zero-order chi connectivity index (χ0) is 19.5. The maximum Gasteiger partial charge on any atom is 0.416 e. The Labute approximate surface area is 152 Å². The summed E-state index contributed by atoms with van der Waals surface area (Å²) in [5.41, 5.74) is -1.59. The van der Waals surface area contributed by atoms with Crippen molar-refractivity contribution < 1.29 is 23.1 Å². The molecule has 2 aromatic rings. The molecule has 4 rings (SSSR count). The number of hydrogen-bond donors (Lipinski definition) is 1. The average Bonchev–Trinajstić information content (AvgIpc) is 3.06. The second-order valence-electron chi connectivity index (χ2n) is 6.68. The van der Waals surface area contributed by atoms with E-state index < -0.39 is 41.0 Å². The predicted octanol–water partition coefficient (Wildman–Crippen LogP) is 2.46. The maximum absolute atomic E-state index is 13.5. The number of carbonyl (C=O) groups excluding carboxylic acids is 1. The summed E-state index contributed by atoms with van der Waals surface area (Å²) in [7, 11) is 1.51. The molecule has 142 valence electrons. The van der Waals surface area contributed by atoms with E-state index in [-0.39, 0.29) is 11.3 Å². The van der Waals surface area contributed by atoms with E-state index in [1.54, 1.807) is 11.1 Å². The molecule has 2 aliphatic rings. The monoisotopic (exact) mass is 379 g/mol. The van der Waals surface area contributed by atoms with Crippen molar-refractivity contribution >= 4 is 5.91 Å². The second kappa shape index (κ2) is 5.77. The Balaban J connectivity index is 1.91. The Morgan fingerprint density at radius 2 is 1.81 bits per heavy atom. The first-order valence-electron chi connectivity index (χ1n) is 8.38. The lowest BCUT2D eigenvalue weighted by Crippen LogP contribution is -2.57. The molecule has 0 aliphatic carbocycles. The van der Waals surface area contributed by atoms with E-state index in [9.17, 15) is 27.9 Å². The van der Waals surface area contributed by atoms with E-state index in [0.29, 0.717) is 12.8 Å². The van der Waals surface area contributed by atoms with Gasteiger partial charge in [-0.05, 0) is 24.5 Å². The van der Waals surface area contributed by atoms with Gasteiger partial charge in [-0.3, -0.25) is 19.3 Å². The Morgan fingerprint density at radius 1 is 1.11 bits per heavy atom. The lowest BCUT2D eigenvalue weighted by atomic mass is 9.98. The number of alkyl halides is 3. The molecular weight excluding hydrogens is 363 g/mol. The third kappa shape index (κ3) is 2.48. The molecule has 27 heavy (non-hydrogen) atoms. The minimum atomic E-state index is -4.51. The number of hydrogen-bond acceptors (Lipinski definition) is 4. The number of aromatic hydroxyl groups is 1. The molecule has 1 amide bonds. The van der Waals surface area contributed by atoms with Crippen molar-refractivity contribution in [2.24, 2.45) is 0 Å². The molecule has 0 bridgehead atoms. The number of fused-ring (bicyclic) bond motifs is 3. The lowest BCUT2D eigenvalue weighted by Gasteiger charge is -2.44. The lowest BCUT2D eigenvalue weighted by molar-refractivity contribution is -0.138. The van der Waals surface area contributed by atoms with Gasteiger partial charge in [0.05, 0.1) is 11.6 Å². The molecular formula is C18H16F3N3O3. The minimum Gasteiger partial charge on any atom is -0.502 e. The van der Waals surface area contributed by atoms with Gasteiger partial charge in [-0.2, -0.15) is 13.2 Å². The summed E-state index contributed by atoms with van der Waals surface area (Å²) in [6.45, 7) is 0. The summed E-state index contributed by atoms with van der Waals surface area (Å²) in [4.78, 5) is 25.7. The molecule has 2 unspecified atom stereocenters. The van der Waals surface area contributed by atoms with Crippen molar-refractivity contribution in [2.45, 2.75) is 31.2 Å². The van der Waals surface area contributed by atoms with Crippen LogP contribution in [-0.2, 0) is 6.18 Å². The fraction of sp³-hybridized carbons (Fsp3) is 0.333. The van der Waals surface area contributed by atoms with Crippen molar-refractivity contribution in [3.8, 4) is 5.75 Å². The highest BCUT2D eigenvalue weighted by molar-refractivity contribution is 5.96. The number of rotatable bonds is 1. The summed E-state index contributed by atoms with van der Waals surface area (Å²) in [5.74, 6) is -1.25. The van der Waals surface area contributed by atoms with Gasteiger partial charge in [-0.1, -0.05) is 18.2 Å². The van der Waals surface area contributed by atoms with Crippen LogP contribution in [0.15, 0.2) is 41.3 Å². The first kappa shape index (κ1) is 17.4. The van der Waals surface area contributed by atoms with Crippen LogP contribution in [0.2, 0.25) is 0 Å². The molecule has 1 fully saturated rings. The smallest absolute Gasteiger partial charge is 0.416 e. The molecule has 0 radical (unpaired) electrons. The first-order valence-corrected chi connectivity index (χ1v) is 8.38. The number of nitrogens with zero attached hydrogens (tertiary/aromatic N) is 3. The van der Waals surface area contributed by atoms with Crippen LogP contribution in [0.25, 0.3) is 0 Å². The summed E-state index contributed by atoms with van der Waals surface area (Å²) in [6, 6.07) is 5.77. The van der Waals surface area contributed by atoms with Crippen LogP contribution in [-0.4, -0.2) is 33.8 Å². The Kier molecular flexibility index (Phi) is 3.72. The molecule has 1 aromatic heterocycles. The fourth-order valence-electron chi connectivity index (χ4n) is 4.00. The number of carbonyl (C=O) groups is 1. The molecule has 1 N–H and O–H groups in total. The highest BCUT2D eigenvalue weighted by Crippen LogP contribution is 2.43. The van der Waals surface area contributed by atoms with Crippen LogP contribution in [0.5, 0.6) is 5.75 Å². The van der Waals surface area contributed by atoms with Gasteiger partial charge >= 0.3 is 6.18 Å². The molecule has 0 spiro atoms. The predicted molar refractivity (Wildman–Crippen MR) is 89.9 cm³/mol. The van der Waals surface area contributed by atoms with Crippen LogP contribution in [0.3, 0.4) is 0 Å². The van der Waals surface area contributed by atoms with Crippen LogP contribution < -0.4 is 10.4 Å². The summed E-state index contributed by atoms with van der Waals surface area (Å²) in [6.07, 6.45) is -2.81. The highest BCUT2D eigenvalue weighted by Gasteiger charge is 2.47. The molecule has 2 aliphatic heterocycles. The van der Waals surface area contributed by atoms with Crippen LogP contribution in [0, 0.1) is 0 Å². The Hall–Kier alpha value is -2.97. The van der Waals surface area contributed by atoms with E-state index in [2.05, 4.69) is 0 Å². The van der Waals surface area contributed by atoms with Crippen molar-refractivity contribution in [1.82, 2.24) is 9.58 Å². The van der Waals surface area contributed by atoms with Crippen molar-refractivity contribution in [3.63, 3.8) is 0 Å². The molecule has 1 aromatic carbocycles. The Bertz CT molecular complexity index is 986. The highest BCUT2D eigenvalue weighted by atomic mass is 19.4. The van der Waals surface area contributed by atoms with Gasteiger partial charge in [0.15, 0.2) is 11.4 Å². The largest absolute Gasteiger partial charge is 0.502 e.